The van der Waals surface area contributed by atoms with Crippen molar-refractivity contribution in [2.24, 2.45) is 0 Å². The Balaban J connectivity index is 3.03. The monoisotopic (exact) mass is 136 g/mol. The average Bonchev–Trinajstić information content (AvgIpc) is 1.88. The van der Waals surface area contributed by atoms with Crippen molar-refractivity contribution in [1.29, 1.82) is 0 Å². The molecule has 0 unspecified atom stereocenters. The van der Waals surface area contributed by atoms with E-state index in [1.807, 2.05) is 43.3 Å². The molecule has 2 heteroatoms. The van der Waals surface area contributed by atoms with Crippen LogP contribution in [-0.2, 0) is 0 Å². The predicted molar refractivity (Wildman–Crippen MR) is 45.2 cm³/mol. The Hall–Kier alpha value is -1.18. The highest BCUT2D eigenvalue weighted by Crippen LogP contribution is 2.18. The first-order valence-electron chi connectivity index (χ1n) is 3.23. The summed E-state index contributed by atoms with van der Waals surface area (Å²) < 4.78 is 0. The van der Waals surface area contributed by atoms with Gasteiger partial charge in [0, 0.05) is 14.1 Å². The molecule has 1 aromatic carbocycles. The van der Waals surface area contributed by atoms with Gasteiger partial charge in [-0.15, -0.1) is 0 Å². The van der Waals surface area contributed by atoms with E-state index < -0.39 is 0 Å². The maximum absolute atomic E-state index is 5.68. The van der Waals surface area contributed by atoms with E-state index in [0.29, 0.717) is 0 Å². The van der Waals surface area contributed by atoms with Gasteiger partial charge in [0.1, 0.15) is 0 Å². The number of anilines is 2. The molecule has 0 saturated heterocycles. The number of benzene rings is 1. The van der Waals surface area contributed by atoms with Gasteiger partial charge in [0.2, 0.25) is 0 Å². The molecule has 0 fully saturated rings. The molecule has 54 valence electrons. The van der Waals surface area contributed by atoms with Crippen LogP contribution in [0.1, 0.15) is 0 Å². The molecular formula is C8H12N2. The molecule has 0 heterocycles. The number of nitrogens with two attached hydrogens (primary N) is 1. The average molecular weight is 136 g/mol. The molecule has 1 aromatic rings. The van der Waals surface area contributed by atoms with Crippen LogP contribution in [0.15, 0.2) is 24.3 Å². The molecule has 10 heavy (non-hydrogen) atoms. The number of hydrogen-bond acceptors (Lipinski definition) is 2. The lowest BCUT2D eigenvalue weighted by atomic mass is 10.2. The zero-order valence-electron chi connectivity index (χ0n) is 6.33. The van der Waals surface area contributed by atoms with Crippen molar-refractivity contribution < 1.29 is 0 Å². The van der Waals surface area contributed by atoms with E-state index in [-0.39, 0.29) is 0 Å². The van der Waals surface area contributed by atoms with Gasteiger partial charge in [-0.25, -0.2) is 0 Å². The van der Waals surface area contributed by atoms with Crippen LogP contribution in [0.5, 0.6) is 0 Å². The molecule has 0 radical (unpaired) electrons. The van der Waals surface area contributed by atoms with E-state index >= 15 is 0 Å². The van der Waals surface area contributed by atoms with Crippen LogP contribution in [0.2, 0.25) is 0 Å². The van der Waals surface area contributed by atoms with Crippen LogP contribution >= 0.6 is 0 Å². The van der Waals surface area contributed by atoms with Crippen LogP contribution in [-0.4, -0.2) is 14.1 Å². The van der Waals surface area contributed by atoms with E-state index in [9.17, 15) is 0 Å². The minimum Gasteiger partial charge on any atom is -0.397 e. The molecule has 2 nitrogen and oxygen atoms in total. The lowest BCUT2D eigenvalue weighted by Gasteiger charge is -2.13. The van der Waals surface area contributed by atoms with Crippen molar-refractivity contribution >= 4 is 11.4 Å². The molecule has 0 aliphatic heterocycles. The Labute approximate surface area is 61.3 Å². The molecular weight excluding hydrogens is 124 g/mol. The topological polar surface area (TPSA) is 29.3 Å². The van der Waals surface area contributed by atoms with Crippen LogP contribution in [0.3, 0.4) is 0 Å². The zero-order chi connectivity index (χ0) is 7.56. The predicted octanol–water partition coefficient (Wildman–Crippen LogP) is 1.33. The van der Waals surface area contributed by atoms with Crippen molar-refractivity contribution in [3.05, 3.63) is 24.3 Å². The third-order valence-corrected chi connectivity index (χ3v) is 1.42. The van der Waals surface area contributed by atoms with Gasteiger partial charge in [0.25, 0.3) is 0 Å². The second-order valence-corrected chi connectivity index (χ2v) is 2.45. The van der Waals surface area contributed by atoms with Crippen molar-refractivity contribution in [3.63, 3.8) is 0 Å². The Morgan fingerprint density at radius 3 is 2.20 bits per heavy atom. The first-order valence-corrected chi connectivity index (χ1v) is 3.23. The third-order valence-electron chi connectivity index (χ3n) is 1.42. The van der Waals surface area contributed by atoms with Crippen LogP contribution in [0, 0.1) is 0 Å². The highest BCUT2D eigenvalue weighted by Gasteiger charge is 1.96. The highest BCUT2D eigenvalue weighted by atomic mass is 15.1. The second-order valence-electron chi connectivity index (χ2n) is 2.45. The van der Waals surface area contributed by atoms with Gasteiger partial charge in [-0.05, 0) is 12.1 Å². The molecule has 1 rings (SSSR count). The summed E-state index contributed by atoms with van der Waals surface area (Å²) in [5, 5.41) is 0. The molecule has 0 atom stereocenters. The fraction of sp³-hybridized carbons (Fsp3) is 0.250. The molecule has 0 spiro atoms. The van der Waals surface area contributed by atoms with Gasteiger partial charge in [-0.2, -0.15) is 0 Å². The molecule has 0 amide bonds. The van der Waals surface area contributed by atoms with E-state index in [1.54, 1.807) is 0 Å². The smallest absolute Gasteiger partial charge is 0.0594 e. The normalized spacial score (nSPS) is 9.40. The largest absolute Gasteiger partial charge is 0.397 e. The summed E-state index contributed by atoms with van der Waals surface area (Å²) in [4.78, 5) is 2.00. The SMILES string of the molecule is CN(C)c1ccccc1N. The Kier molecular flexibility index (Phi) is 1.81. The Morgan fingerprint density at radius 1 is 1.20 bits per heavy atom. The van der Waals surface area contributed by atoms with Crippen LogP contribution < -0.4 is 10.6 Å². The van der Waals surface area contributed by atoms with E-state index in [0.717, 1.165) is 11.4 Å². The number of hydrogen-bond donors (Lipinski definition) is 1. The van der Waals surface area contributed by atoms with Crippen molar-refractivity contribution in [2.45, 2.75) is 0 Å². The van der Waals surface area contributed by atoms with E-state index in [4.69, 9.17) is 5.73 Å². The Bertz CT molecular complexity index is 218. The number of para-hydroxylation sites is 2. The van der Waals surface area contributed by atoms with Gasteiger partial charge in [-0.1, -0.05) is 12.1 Å². The highest BCUT2D eigenvalue weighted by molar-refractivity contribution is 5.66. The lowest BCUT2D eigenvalue weighted by Crippen LogP contribution is -2.10. The number of nitrogen functional groups attached to an aromatic ring is 1. The summed E-state index contributed by atoms with van der Waals surface area (Å²) in [5.41, 5.74) is 7.58. The van der Waals surface area contributed by atoms with Crippen molar-refractivity contribution in [1.82, 2.24) is 0 Å². The van der Waals surface area contributed by atoms with Gasteiger partial charge in [0.15, 0.2) is 0 Å². The van der Waals surface area contributed by atoms with Crippen molar-refractivity contribution in [3.8, 4) is 0 Å². The molecule has 0 bridgehead atoms. The van der Waals surface area contributed by atoms with Gasteiger partial charge in [0.05, 0.1) is 11.4 Å². The number of rotatable bonds is 1. The van der Waals surface area contributed by atoms with Gasteiger partial charge < -0.3 is 10.6 Å². The maximum Gasteiger partial charge on any atom is 0.0594 e. The second kappa shape index (κ2) is 2.60. The summed E-state index contributed by atoms with van der Waals surface area (Å²) in [6.45, 7) is 0. The molecule has 0 aromatic heterocycles. The first kappa shape index (κ1) is 6.93. The summed E-state index contributed by atoms with van der Waals surface area (Å²) in [7, 11) is 3.96. The number of nitrogens with zero attached hydrogens (tertiary/aromatic N) is 1. The van der Waals surface area contributed by atoms with E-state index in [2.05, 4.69) is 0 Å². The fourth-order valence-electron chi connectivity index (χ4n) is 0.895. The maximum atomic E-state index is 5.68. The quantitative estimate of drug-likeness (QED) is 0.590. The summed E-state index contributed by atoms with van der Waals surface area (Å²) in [6, 6.07) is 7.80. The minimum absolute atomic E-state index is 0.826. The molecule has 0 aliphatic rings. The van der Waals surface area contributed by atoms with Crippen LogP contribution in [0.25, 0.3) is 0 Å². The fourth-order valence-corrected chi connectivity index (χ4v) is 0.895. The molecule has 0 aliphatic carbocycles. The lowest BCUT2D eigenvalue weighted by molar-refractivity contribution is 1.13. The molecule has 2 N–H and O–H groups in total. The van der Waals surface area contributed by atoms with Gasteiger partial charge in [-0.3, -0.25) is 0 Å². The summed E-state index contributed by atoms with van der Waals surface area (Å²) >= 11 is 0. The minimum atomic E-state index is 0.826. The summed E-state index contributed by atoms with van der Waals surface area (Å²) in [6.07, 6.45) is 0. The van der Waals surface area contributed by atoms with E-state index in [1.165, 1.54) is 0 Å². The summed E-state index contributed by atoms with van der Waals surface area (Å²) in [5.74, 6) is 0. The zero-order valence-corrected chi connectivity index (χ0v) is 6.33. The third kappa shape index (κ3) is 1.21. The van der Waals surface area contributed by atoms with Gasteiger partial charge >= 0.3 is 0 Å². The standard InChI is InChI=1S/C8H12N2/c1-10(2)8-6-4-3-5-7(8)9/h3-6H,9H2,1-2H3. The Morgan fingerprint density at radius 2 is 1.80 bits per heavy atom. The van der Waals surface area contributed by atoms with Crippen molar-refractivity contribution in [2.75, 3.05) is 24.7 Å². The first-order chi connectivity index (χ1) is 4.72. The van der Waals surface area contributed by atoms with Crippen LogP contribution in [0.4, 0.5) is 11.4 Å². The molecule has 0 saturated carbocycles.